The van der Waals surface area contributed by atoms with E-state index in [1.807, 2.05) is 0 Å². The van der Waals surface area contributed by atoms with Gasteiger partial charge < -0.3 is 9.47 Å². The van der Waals surface area contributed by atoms with Gasteiger partial charge in [0.05, 0.1) is 12.2 Å². The quantitative estimate of drug-likeness (QED) is 0.465. The molecule has 0 fully saturated rings. The van der Waals surface area contributed by atoms with Crippen LogP contribution in [0.4, 0.5) is 13.2 Å². The Labute approximate surface area is 100 Å². The highest BCUT2D eigenvalue weighted by atomic mass is 19.4. The number of alkyl halides is 3. The summed E-state index contributed by atoms with van der Waals surface area (Å²) < 4.78 is 45.8. The SMILES string of the molecule is CCOC(=O)C(=O)Oc1cccc(C(F)(F)F)c1. The van der Waals surface area contributed by atoms with Crippen LogP contribution >= 0.6 is 0 Å². The lowest BCUT2D eigenvalue weighted by Crippen LogP contribution is -2.23. The van der Waals surface area contributed by atoms with E-state index in [4.69, 9.17) is 0 Å². The van der Waals surface area contributed by atoms with Gasteiger partial charge in [-0.3, -0.25) is 0 Å². The van der Waals surface area contributed by atoms with Crippen molar-refractivity contribution >= 4 is 11.9 Å². The second-order valence-electron chi connectivity index (χ2n) is 3.14. The summed E-state index contributed by atoms with van der Waals surface area (Å²) in [6, 6.07) is 3.64. The van der Waals surface area contributed by atoms with E-state index >= 15 is 0 Å². The zero-order valence-corrected chi connectivity index (χ0v) is 9.28. The number of esters is 2. The molecule has 0 saturated carbocycles. The molecule has 0 heterocycles. The summed E-state index contributed by atoms with van der Waals surface area (Å²) in [5.41, 5.74) is -0.975. The molecule has 0 N–H and O–H groups in total. The molecule has 0 aliphatic carbocycles. The molecule has 0 atom stereocenters. The van der Waals surface area contributed by atoms with E-state index in [0.29, 0.717) is 6.07 Å². The first-order valence-corrected chi connectivity index (χ1v) is 4.90. The Morgan fingerprint density at radius 1 is 1.22 bits per heavy atom. The summed E-state index contributed by atoms with van der Waals surface area (Å²) in [6.07, 6.45) is -4.55. The van der Waals surface area contributed by atoms with E-state index in [0.717, 1.165) is 18.2 Å². The zero-order valence-electron chi connectivity index (χ0n) is 9.28. The van der Waals surface area contributed by atoms with Crippen molar-refractivity contribution in [3.05, 3.63) is 29.8 Å². The Balaban J connectivity index is 2.80. The van der Waals surface area contributed by atoms with Gasteiger partial charge in [0.25, 0.3) is 0 Å². The second kappa shape index (κ2) is 5.52. The summed E-state index contributed by atoms with van der Waals surface area (Å²) in [6.45, 7) is 1.45. The average Bonchev–Trinajstić information content (AvgIpc) is 2.28. The summed E-state index contributed by atoms with van der Waals surface area (Å²) in [4.78, 5) is 22.0. The van der Waals surface area contributed by atoms with Crippen LogP contribution in [0.3, 0.4) is 0 Å². The minimum atomic E-state index is -4.55. The van der Waals surface area contributed by atoms with Gasteiger partial charge >= 0.3 is 18.1 Å². The summed E-state index contributed by atoms with van der Waals surface area (Å²) >= 11 is 0. The third kappa shape index (κ3) is 3.76. The highest BCUT2D eigenvalue weighted by Gasteiger charge is 2.31. The Kier molecular flexibility index (Phi) is 4.30. The zero-order chi connectivity index (χ0) is 13.8. The van der Waals surface area contributed by atoms with Crippen molar-refractivity contribution in [2.75, 3.05) is 6.61 Å². The summed E-state index contributed by atoms with van der Waals surface area (Å²) in [7, 11) is 0. The molecular formula is C11H9F3O4. The molecular weight excluding hydrogens is 253 g/mol. The number of rotatable bonds is 2. The van der Waals surface area contributed by atoms with Gasteiger partial charge in [-0.25, -0.2) is 9.59 Å². The predicted octanol–water partition coefficient (Wildman–Crippen LogP) is 2.17. The number of carbonyl (C=O) groups excluding carboxylic acids is 2. The Morgan fingerprint density at radius 2 is 1.89 bits per heavy atom. The van der Waals surface area contributed by atoms with Crippen molar-refractivity contribution in [2.45, 2.75) is 13.1 Å². The molecule has 0 radical (unpaired) electrons. The first-order chi connectivity index (χ1) is 8.34. The molecule has 0 spiro atoms. The molecule has 0 aliphatic heterocycles. The van der Waals surface area contributed by atoms with Crippen LogP contribution in [0, 0.1) is 0 Å². The highest BCUT2D eigenvalue weighted by Crippen LogP contribution is 2.31. The third-order valence-electron chi connectivity index (χ3n) is 1.81. The maximum atomic E-state index is 12.4. The van der Waals surface area contributed by atoms with Gasteiger partial charge in [0.2, 0.25) is 0 Å². The van der Waals surface area contributed by atoms with E-state index in [9.17, 15) is 22.8 Å². The lowest BCUT2D eigenvalue weighted by molar-refractivity contribution is -0.161. The minimum Gasteiger partial charge on any atom is -0.458 e. The van der Waals surface area contributed by atoms with Gasteiger partial charge in [0.1, 0.15) is 5.75 Å². The highest BCUT2D eigenvalue weighted by molar-refractivity contribution is 6.30. The molecule has 1 rings (SSSR count). The number of hydrogen-bond donors (Lipinski definition) is 0. The monoisotopic (exact) mass is 262 g/mol. The largest absolute Gasteiger partial charge is 0.458 e. The molecule has 0 unspecified atom stereocenters. The number of carbonyl (C=O) groups is 2. The van der Waals surface area contributed by atoms with E-state index in [2.05, 4.69) is 9.47 Å². The average molecular weight is 262 g/mol. The van der Waals surface area contributed by atoms with Crippen LogP contribution < -0.4 is 4.74 Å². The van der Waals surface area contributed by atoms with Gasteiger partial charge in [-0.15, -0.1) is 0 Å². The predicted molar refractivity (Wildman–Crippen MR) is 53.7 cm³/mol. The fraction of sp³-hybridized carbons (Fsp3) is 0.273. The summed E-state index contributed by atoms with van der Waals surface area (Å²) in [5, 5.41) is 0. The van der Waals surface area contributed by atoms with E-state index in [1.54, 1.807) is 0 Å². The van der Waals surface area contributed by atoms with Gasteiger partial charge in [-0.1, -0.05) is 6.07 Å². The van der Waals surface area contributed by atoms with Crippen LogP contribution in [-0.2, 0) is 20.5 Å². The van der Waals surface area contributed by atoms with E-state index in [1.165, 1.54) is 6.92 Å². The first-order valence-electron chi connectivity index (χ1n) is 4.90. The van der Waals surface area contributed by atoms with Crippen LogP contribution in [0.2, 0.25) is 0 Å². The van der Waals surface area contributed by atoms with E-state index in [-0.39, 0.29) is 12.4 Å². The van der Waals surface area contributed by atoms with Crippen molar-refractivity contribution in [2.24, 2.45) is 0 Å². The molecule has 4 nitrogen and oxygen atoms in total. The molecule has 98 valence electrons. The number of ether oxygens (including phenoxy) is 2. The molecule has 1 aromatic carbocycles. The normalized spacial score (nSPS) is 10.9. The topological polar surface area (TPSA) is 52.6 Å². The van der Waals surface area contributed by atoms with Crippen LogP contribution in [-0.4, -0.2) is 18.5 Å². The Morgan fingerprint density at radius 3 is 2.44 bits per heavy atom. The lowest BCUT2D eigenvalue weighted by Gasteiger charge is -2.08. The van der Waals surface area contributed by atoms with Crippen LogP contribution in [0.15, 0.2) is 24.3 Å². The fourth-order valence-electron chi connectivity index (χ4n) is 1.07. The van der Waals surface area contributed by atoms with Crippen molar-refractivity contribution in [1.29, 1.82) is 0 Å². The molecule has 0 bridgehead atoms. The second-order valence-corrected chi connectivity index (χ2v) is 3.14. The van der Waals surface area contributed by atoms with Crippen molar-refractivity contribution in [3.63, 3.8) is 0 Å². The summed E-state index contributed by atoms with van der Waals surface area (Å²) in [5.74, 6) is -2.99. The maximum absolute atomic E-state index is 12.4. The van der Waals surface area contributed by atoms with Crippen molar-refractivity contribution in [3.8, 4) is 5.75 Å². The smallest absolute Gasteiger partial charge is 0.422 e. The van der Waals surface area contributed by atoms with Gasteiger partial charge in [-0.05, 0) is 25.1 Å². The lowest BCUT2D eigenvalue weighted by atomic mass is 10.2. The van der Waals surface area contributed by atoms with Gasteiger partial charge in [0, 0.05) is 0 Å². The van der Waals surface area contributed by atoms with Crippen LogP contribution in [0.5, 0.6) is 5.75 Å². The Hall–Kier alpha value is -2.05. The van der Waals surface area contributed by atoms with Crippen molar-refractivity contribution < 1.29 is 32.2 Å². The number of benzene rings is 1. The molecule has 18 heavy (non-hydrogen) atoms. The third-order valence-corrected chi connectivity index (χ3v) is 1.81. The van der Waals surface area contributed by atoms with Gasteiger partial charge in [0.15, 0.2) is 0 Å². The van der Waals surface area contributed by atoms with Crippen LogP contribution in [0.1, 0.15) is 12.5 Å². The molecule has 0 aromatic heterocycles. The molecule has 7 heteroatoms. The van der Waals surface area contributed by atoms with Crippen LogP contribution in [0.25, 0.3) is 0 Å². The van der Waals surface area contributed by atoms with Crippen molar-refractivity contribution in [1.82, 2.24) is 0 Å². The molecule has 0 aliphatic rings. The van der Waals surface area contributed by atoms with E-state index < -0.39 is 23.7 Å². The molecule has 0 amide bonds. The standard InChI is InChI=1S/C11H9F3O4/c1-2-17-9(15)10(16)18-8-5-3-4-7(6-8)11(12,13)14/h3-6H,2H2,1H3. The number of hydrogen-bond acceptors (Lipinski definition) is 4. The molecule has 0 saturated heterocycles. The fourth-order valence-corrected chi connectivity index (χ4v) is 1.07. The maximum Gasteiger partial charge on any atom is 0.422 e. The molecule has 1 aromatic rings. The minimum absolute atomic E-state index is 0.0312. The van der Waals surface area contributed by atoms with Gasteiger partial charge in [-0.2, -0.15) is 13.2 Å². The number of halogens is 3. The Bertz CT molecular complexity index is 454. The first kappa shape index (κ1) is 14.0.